The third-order valence-electron chi connectivity index (χ3n) is 5.28. The minimum Gasteiger partial charge on any atom is -0.338 e. The van der Waals surface area contributed by atoms with Gasteiger partial charge in [0.2, 0.25) is 0 Å². The number of nitrogens with one attached hydrogen (secondary N) is 1. The van der Waals surface area contributed by atoms with Crippen molar-refractivity contribution in [3.63, 3.8) is 0 Å². The van der Waals surface area contributed by atoms with E-state index >= 15 is 0 Å². The molecule has 0 amide bonds. The van der Waals surface area contributed by atoms with Crippen LogP contribution in [0.4, 0.5) is 27.6 Å². The standard InChI is InChI=1S/C24H20F5N7O/c1-35-11-15-9-16(4-6-18(15)33-35)36(2)34-19-7-8-21(31-13-24(27,28)29)32-22(19)17(12-37)14-3-5-20(23(25)26)30-10-14/h3-12,23H,13H2,1-2H3,(H,31,32)/b22-17-,34-19-. The number of carbonyl (C=O) groups is 1. The molecule has 0 radical (unpaired) electrons. The summed E-state index contributed by atoms with van der Waals surface area (Å²) < 4.78 is 65.7. The molecule has 0 saturated heterocycles. The number of carbonyl (C=O) groups excluding carboxylic acids is 1. The van der Waals surface area contributed by atoms with Gasteiger partial charge >= 0.3 is 6.18 Å². The molecule has 37 heavy (non-hydrogen) atoms. The van der Waals surface area contributed by atoms with Gasteiger partial charge in [-0.05, 0) is 36.4 Å². The summed E-state index contributed by atoms with van der Waals surface area (Å²) in [6.07, 6.45) is -1.27. The Kier molecular flexibility index (Phi) is 7.14. The number of pyridine rings is 1. The number of allylic oxidation sites excluding steroid dienone is 2. The van der Waals surface area contributed by atoms with E-state index in [0.717, 1.165) is 23.2 Å². The second-order valence-electron chi connectivity index (χ2n) is 8.01. The van der Waals surface area contributed by atoms with Crippen LogP contribution in [0.1, 0.15) is 17.7 Å². The zero-order valence-corrected chi connectivity index (χ0v) is 19.5. The molecule has 13 heteroatoms. The van der Waals surface area contributed by atoms with Gasteiger partial charge in [-0.3, -0.25) is 24.5 Å². The van der Waals surface area contributed by atoms with E-state index < -0.39 is 24.8 Å². The highest BCUT2D eigenvalue weighted by Crippen LogP contribution is 2.24. The number of halogens is 5. The van der Waals surface area contributed by atoms with Crippen molar-refractivity contribution in [2.45, 2.75) is 12.6 Å². The number of hydrogen-bond donors (Lipinski definition) is 1. The quantitative estimate of drug-likeness (QED) is 0.226. The highest BCUT2D eigenvalue weighted by molar-refractivity contribution is 6.26. The first kappa shape index (κ1) is 25.7. The van der Waals surface area contributed by atoms with Gasteiger partial charge in [-0.2, -0.15) is 23.4 Å². The number of hydrogen-bond acceptors (Lipinski definition) is 6. The van der Waals surface area contributed by atoms with Crippen LogP contribution in [0.3, 0.4) is 0 Å². The fourth-order valence-corrected chi connectivity index (χ4v) is 3.55. The van der Waals surface area contributed by atoms with Crippen LogP contribution in [0.25, 0.3) is 16.5 Å². The molecule has 1 aliphatic heterocycles. The lowest BCUT2D eigenvalue weighted by Crippen LogP contribution is -2.33. The second kappa shape index (κ2) is 10.3. The molecular weight excluding hydrogens is 497 g/mol. The molecule has 0 saturated carbocycles. The predicted molar refractivity (Wildman–Crippen MR) is 129 cm³/mol. The number of aliphatic imine (C=N–C) groups is 1. The third-order valence-corrected chi connectivity index (χ3v) is 5.28. The highest BCUT2D eigenvalue weighted by atomic mass is 19.4. The molecule has 192 valence electrons. The molecular formula is C24H20F5N7O. The van der Waals surface area contributed by atoms with Gasteiger partial charge in [-0.25, -0.2) is 8.78 Å². The number of amidine groups is 1. The Morgan fingerprint density at radius 1 is 1.22 bits per heavy atom. The molecule has 4 rings (SSSR count). The van der Waals surface area contributed by atoms with Crippen LogP contribution in [0.2, 0.25) is 0 Å². The lowest BCUT2D eigenvalue weighted by atomic mass is 10.0. The molecule has 0 spiro atoms. The summed E-state index contributed by atoms with van der Waals surface area (Å²) in [5.41, 5.74) is 1.32. The van der Waals surface area contributed by atoms with E-state index in [2.05, 4.69) is 25.5 Å². The summed E-state index contributed by atoms with van der Waals surface area (Å²) in [6, 6.07) is 7.77. The maximum absolute atomic E-state index is 12.9. The van der Waals surface area contributed by atoms with Crippen LogP contribution in [0, 0.1) is 0 Å². The molecule has 0 unspecified atom stereocenters. The third kappa shape index (κ3) is 6.05. The maximum atomic E-state index is 12.9. The smallest absolute Gasteiger partial charge is 0.338 e. The molecule has 3 heterocycles. The number of benzene rings is 1. The van der Waals surface area contributed by atoms with E-state index in [4.69, 9.17) is 0 Å². The first-order valence-corrected chi connectivity index (χ1v) is 10.8. The summed E-state index contributed by atoms with van der Waals surface area (Å²) in [5.74, 6) is -0.151. The van der Waals surface area contributed by atoms with Crippen molar-refractivity contribution in [1.29, 1.82) is 0 Å². The zero-order valence-electron chi connectivity index (χ0n) is 19.5. The lowest BCUT2D eigenvalue weighted by molar-refractivity contribution is -0.118. The van der Waals surface area contributed by atoms with Gasteiger partial charge in [-0.1, -0.05) is 6.07 Å². The van der Waals surface area contributed by atoms with E-state index in [9.17, 15) is 26.7 Å². The van der Waals surface area contributed by atoms with Gasteiger partial charge in [0.25, 0.3) is 6.43 Å². The Labute approximate surface area is 207 Å². The van der Waals surface area contributed by atoms with Crippen molar-refractivity contribution in [3.05, 3.63) is 71.8 Å². The number of aldehydes is 1. The van der Waals surface area contributed by atoms with E-state index in [1.165, 1.54) is 23.2 Å². The molecule has 0 aliphatic carbocycles. The Morgan fingerprint density at radius 2 is 2.00 bits per heavy atom. The summed E-state index contributed by atoms with van der Waals surface area (Å²) in [4.78, 5) is 19.3. The van der Waals surface area contributed by atoms with Gasteiger partial charge in [0.15, 0.2) is 6.29 Å². The minimum atomic E-state index is -4.53. The molecule has 3 aromatic rings. The van der Waals surface area contributed by atoms with Crippen molar-refractivity contribution in [2.24, 2.45) is 17.1 Å². The number of fused-ring (bicyclic) bond motifs is 1. The first-order valence-electron chi connectivity index (χ1n) is 10.8. The monoisotopic (exact) mass is 517 g/mol. The zero-order chi connectivity index (χ0) is 26.7. The minimum absolute atomic E-state index is 0.0410. The SMILES string of the molecule is CN(/N=C1/C=CC(=NCC(F)(F)F)N/C1=C(/C=O)c1ccc(C(F)F)nc1)c1ccc2nn(C)cc2c1. The average Bonchev–Trinajstić information content (AvgIpc) is 3.23. The van der Waals surface area contributed by atoms with Crippen molar-refractivity contribution in [2.75, 3.05) is 18.6 Å². The number of alkyl halides is 5. The topological polar surface area (TPSA) is 87.8 Å². The summed E-state index contributed by atoms with van der Waals surface area (Å²) in [5, 5.41) is 13.9. The van der Waals surface area contributed by atoms with Crippen LogP contribution in [0.15, 0.2) is 70.7 Å². The van der Waals surface area contributed by atoms with Crippen LogP contribution < -0.4 is 10.3 Å². The number of aryl methyl sites for hydroxylation is 1. The van der Waals surface area contributed by atoms with Crippen LogP contribution in [-0.4, -0.2) is 52.4 Å². The van der Waals surface area contributed by atoms with Crippen LogP contribution in [0.5, 0.6) is 0 Å². The molecule has 1 aliphatic rings. The summed E-state index contributed by atoms with van der Waals surface area (Å²) >= 11 is 0. The molecule has 1 N–H and O–H groups in total. The van der Waals surface area contributed by atoms with Gasteiger partial charge in [0.05, 0.1) is 16.9 Å². The predicted octanol–water partition coefficient (Wildman–Crippen LogP) is 4.43. The van der Waals surface area contributed by atoms with Crippen molar-refractivity contribution >= 4 is 40.0 Å². The van der Waals surface area contributed by atoms with Crippen molar-refractivity contribution in [1.82, 2.24) is 20.1 Å². The molecule has 8 nitrogen and oxygen atoms in total. The number of aromatic nitrogens is 3. The number of hydrazone groups is 1. The molecule has 2 aromatic heterocycles. The Hall–Kier alpha value is -4.42. The Balaban J connectivity index is 1.78. The number of nitrogens with zero attached hydrogens (tertiary/aromatic N) is 6. The van der Waals surface area contributed by atoms with Gasteiger partial charge in [-0.15, -0.1) is 0 Å². The largest absolute Gasteiger partial charge is 0.408 e. The van der Waals surface area contributed by atoms with Crippen LogP contribution in [-0.2, 0) is 11.8 Å². The molecule has 1 aromatic carbocycles. The number of rotatable bonds is 6. The summed E-state index contributed by atoms with van der Waals surface area (Å²) in [6.45, 7) is -1.44. The van der Waals surface area contributed by atoms with Crippen molar-refractivity contribution in [3.8, 4) is 0 Å². The molecule has 0 fully saturated rings. The first-order chi connectivity index (χ1) is 17.5. The fourth-order valence-electron chi connectivity index (χ4n) is 3.55. The van der Waals surface area contributed by atoms with Crippen LogP contribution >= 0.6 is 0 Å². The lowest BCUT2D eigenvalue weighted by Gasteiger charge is -2.22. The van der Waals surface area contributed by atoms with E-state index in [0.29, 0.717) is 12.0 Å². The highest BCUT2D eigenvalue weighted by Gasteiger charge is 2.27. The average molecular weight is 517 g/mol. The van der Waals surface area contributed by atoms with Crippen molar-refractivity contribution < 1.29 is 26.7 Å². The second-order valence-corrected chi connectivity index (χ2v) is 8.01. The van der Waals surface area contributed by atoms with Gasteiger partial charge < -0.3 is 5.32 Å². The Morgan fingerprint density at radius 3 is 2.65 bits per heavy atom. The Bertz CT molecular complexity index is 1440. The van der Waals surface area contributed by atoms with Gasteiger partial charge in [0.1, 0.15) is 23.8 Å². The fraction of sp³-hybridized carbons (Fsp3) is 0.208. The van der Waals surface area contributed by atoms with E-state index in [1.807, 2.05) is 18.3 Å². The molecule has 0 bridgehead atoms. The maximum Gasteiger partial charge on any atom is 0.408 e. The number of anilines is 1. The normalized spacial score (nSPS) is 17.5. The van der Waals surface area contributed by atoms with E-state index in [-0.39, 0.29) is 28.4 Å². The summed E-state index contributed by atoms with van der Waals surface area (Å²) in [7, 11) is 3.45. The van der Waals surface area contributed by atoms with E-state index in [1.54, 1.807) is 24.8 Å². The molecule has 0 atom stereocenters. The van der Waals surface area contributed by atoms with Gasteiger partial charge in [0, 0.05) is 43.0 Å².